The van der Waals surface area contributed by atoms with Crippen molar-refractivity contribution in [2.24, 2.45) is 0 Å². The van der Waals surface area contributed by atoms with Gasteiger partial charge in [-0.25, -0.2) is 4.68 Å². The Bertz CT molecular complexity index is 739. The third-order valence-electron chi connectivity index (χ3n) is 4.91. The summed E-state index contributed by atoms with van der Waals surface area (Å²) < 4.78 is 7.29. The molecule has 2 aromatic rings. The van der Waals surface area contributed by atoms with Gasteiger partial charge in [-0.3, -0.25) is 4.79 Å². The number of nitrogens with zero attached hydrogens (tertiary/aromatic N) is 3. The molecule has 1 aliphatic rings. The van der Waals surface area contributed by atoms with Gasteiger partial charge in [0.15, 0.2) is 0 Å². The van der Waals surface area contributed by atoms with Gasteiger partial charge in [-0.15, -0.1) is 0 Å². The molecule has 1 aliphatic heterocycles. The summed E-state index contributed by atoms with van der Waals surface area (Å²) in [5, 5.41) is 4.17. The zero-order valence-electron chi connectivity index (χ0n) is 15.1. The van der Waals surface area contributed by atoms with Crippen molar-refractivity contribution in [1.29, 1.82) is 0 Å². The van der Waals surface area contributed by atoms with E-state index in [-0.39, 0.29) is 5.56 Å². The van der Waals surface area contributed by atoms with E-state index >= 15 is 0 Å². The summed E-state index contributed by atoms with van der Waals surface area (Å²) in [7, 11) is 0. The standard InChI is InChI=1S/C20H27N3O2/c1-3-23-20(24)14-18(15-21-23)17-7-9-19(10-8-17)25-13-5-12-22-11-4-6-16(22)2/h7-10,14-16H,3-6,11-13H2,1-2H3/t16-/m1/s1. The molecule has 0 spiro atoms. The molecule has 0 amide bonds. The van der Waals surface area contributed by atoms with Gasteiger partial charge in [-0.2, -0.15) is 5.10 Å². The van der Waals surface area contributed by atoms with Crippen LogP contribution >= 0.6 is 0 Å². The highest BCUT2D eigenvalue weighted by Gasteiger charge is 2.18. The lowest BCUT2D eigenvalue weighted by molar-refractivity contribution is 0.230. The minimum absolute atomic E-state index is 0.0727. The third-order valence-corrected chi connectivity index (χ3v) is 4.91. The number of hydrogen-bond acceptors (Lipinski definition) is 4. The van der Waals surface area contributed by atoms with Gasteiger partial charge in [-0.05, 0) is 57.4 Å². The maximum atomic E-state index is 11.9. The highest BCUT2D eigenvalue weighted by molar-refractivity contribution is 5.62. The molecule has 25 heavy (non-hydrogen) atoms. The van der Waals surface area contributed by atoms with Gasteiger partial charge in [-0.1, -0.05) is 12.1 Å². The molecule has 1 aromatic heterocycles. The van der Waals surface area contributed by atoms with Crippen LogP contribution in [0.15, 0.2) is 41.3 Å². The lowest BCUT2D eigenvalue weighted by Gasteiger charge is -2.20. The number of likely N-dealkylation sites (tertiary alicyclic amines) is 1. The highest BCUT2D eigenvalue weighted by atomic mass is 16.5. The molecule has 3 rings (SSSR count). The van der Waals surface area contributed by atoms with Gasteiger partial charge in [0, 0.05) is 30.8 Å². The number of hydrogen-bond donors (Lipinski definition) is 0. The SMILES string of the molecule is CCn1ncc(-c2ccc(OCCCN3CCC[C@H]3C)cc2)cc1=O. The Morgan fingerprint density at radius 3 is 2.68 bits per heavy atom. The van der Waals surface area contributed by atoms with E-state index in [1.807, 2.05) is 31.2 Å². The topological polar surface area (TPSA) is 47.4 Å². The van der Waals surface area contributed by atoms with Crippen LogP contribution in [0.3, 0.4) is 0 Å². The Labute approximate surface area is 149 Å². The lowest BCUT2D eigenvalue weighted by Crippen LogP contribution is -2.28. The van der Waals surface area contributed by atoms with E-state index in [4.69, 9.17) is 4.74 Å². The summed E-state index contributed by atoms with van der Waals surface area (Å²) in [6, 6.07) is 10.2. The van der Waals surface area contributed by atoms with Crippen molar-refractivity contribution in [2.75, 3.05) is 19.7 Å². The molecule has 5 nitrogen and oxygen atoms in total. The van der Waals surface area contributed by atoms with Crippen LogP contribution in [-0.4, -0.2) is 40.4 Å². The molecule has 1 atom stereocenters. The second-order valence-electron chi connectivity index (χ2n) is 6.65. The Balaban J connectivity index is 1.52. The first-order chi connectivity index (χ1) is 12.2. The van der Waals surface area contributed by atoms with Crippen molar-refractivity contribution in [1.82, 2.24) is 14.7 Å². The predicted molar refractivity (Wildman–Crippen MR) is 100.0 cm³/mol. The Kier molecular flexibility index (Phi) is 5.87. The molecule has 0 N–H and O–H groups in total. The summed E-state index contributed by atoms with van der Waals surface area (Å²) in [5.74, 6) is 0.869. The summed E-state index contributed by atoms with van der Waals surface area (Å²) in [6.07, 6.45) is 5.42. The van der Waals surface area contributed by atoms with E-state index in [9.17, 15) is 4.79 Å². The second-order valence-corrected chi connectivity index (χ2v) is 6.65. The lowest BCUT2D eigenvalue weighted by atomic mass is 10.1. The van der Waals surface area contributed by atoms with Crippen LogP contribution in [0.5, 0.6) is 5.75 Å². The van der Waals surface area contributed by atoms with Gasteiger partial charge in [0.1, 0.15) is 5.75 Å². The van der Waals surface area contributed by atoms with Crippen molar-refractivity contribution in [3.63, 3.8) is 0 Å². The van der Waals surface area contributed by atoms with Crippen LogP contribution in [0.2, 0.25) is 0 Å². The minimum atomic E-state index is -0.0727. The quantitative estimate of drug-likeness (QED) is 0.726. The Morgan fingerprint density at radius 1 is 1.24 bits per heavy atom. The van der Waals surface area contributed by atoms with Gasteiger partial charge >= 0.3 is 0 Å². The van der Waals surface area contributed by atoms with Gasteiger partial charge in [0.05, 0.1) is 12.8 Å². The molecular formula is C20H27N3O2. The maximum absolute atomic E-state index is 11.9. The molecule has 0 saturated carbocycles. The normalized spacial score (nSPS) is 17.8. The smallest absolute Gasteiger partial charge is 0.267 e. The van der Waals surface area contributed by atoms with E-state index in [0.717, 1.165) is 42.5 Å². The molecule has 0 radical (unpaired) electrons. The van der Waals surface area contributed by atoms with Crippen LogP contribution in [0.1, 0.15) is 33.1 Å². The van der Waals surface area contributed by atoms with Crippen LogP contribution in [0.4, 0.5) is 0 Å². The van der Waals surface area contributed by atoms with Crippen molar-refractivity contribution >= 4 is 0 Å². The highest BCUT2D eigenvalue weighted by Crippen LogP contribution is 2.21. The van der Waals surface area contributed by atoms with E-state index in [0.29, 0.717) is 6.54 Å². The zero-order valence-corrected chi connectivity index (χ0v) is 15.1. The molecule has 2 heterocycles. The van der Waals surface area contributed by atoms with E-state index in [1.54, 1.807) is 12.3 Å². The van der Waals surface area contributed by atoms with E-state index in [2.05, 4.69) is 16.9 Å². The van der Waals surface area contributed by atoms with E-state index < -0.39 is 0 Å². The second kappa shape index (κ2) is 8.30. The number of ether oxygens (including phenoxy) is 1. The van der Waals surface area contributed by atoms with Crippen LogP contribution < -0.4 is 10.3 Å². The molecular weight excluding hydrogens is 314 g/mol. The Morgan fingerprint density at radius 2 is 2.04 bits per heavy atom. The van der Waals surface area contributed by atoms with Crippen LogP contribution in [0, 0.1) is 0 Å². The fourth-order valence-electron chi connectivity index (χ4n) is 3.36. The monoisotopic (exact) mass is 341 g/mol. The summed E-state index contributed by atoms with van der Waals surface area (Å²) >= 11 is 0. The predicted octanol–water partition coefficient (Wildman–Crippen LogP) is 3.18. The summed E-state index contributed by atoms with van der Waals surface area (Å²) in [6.45, 7) is 7.86. The molecule has 134 valence electrons. The summed E-state index contributed by atoms with van der Waals surface area (Å²) in [4.78, 5) is 14.4. The van der Waals surface area contributed by atoms with Gasteiger partial charge in [0.2, 0.25) is 0 Å². The van der Waals surface area contributed by atoms with Crippen molar-refractivity contribution in [3.05, 3.63) is 46.9 Å². The number of benzene rings is 1. The first-order valence-electron chi connectivity index (χ1n) is 9.22. The largest absolute Gasteiger partial charge is 0.494 e. The molecule has 0 aliphatic carbocycles. The average molecular weight is 341 g/mol. The molecule has 1 aromatic carbocycles. The fourth-order valence-corrected chi connectivity index (χ4v) is 3.36. The van der Waals surface area contributed by atoms with Crippen LogP contribution in [-0.2, 0) is 6.54 Å². The van der Waals surface area contributed by atoms with Crippen LogP contribution in [0.25, 0.3) is 11.1 Å². The molecule has 0 bridgehead atoms. The van der Waals surface area contributed by atoms with Crippen molar-refractivity contribution < 1.29 is 4.74 Å². The first-order valence-corrected chi connectivity index (χ1v) is 9.22. The number of aromatic nitrogens is 2. The maximum Gasteiger partial charge on any atom is 0.267 e. The molecule has 1 saturated heterocycles. The minimum Gasteiger partial charge on any atom is -0.494 e. The number of rotatable bonds is 7. The first kappa shape index (κ1) is 17.7. The number of aryl methyl sites for hydroxylation is 1. The van der Waals surface area contributed by atoms with Gasteiger partial charge in [0.25, 0.3) is 5.56 Å². The third kappa shape index (κ3) is 4.48. The molecule has 0 unspecified atom stereocenters. The zero-order chi connectivity index (χ0) is 17.6. The van der Waals surface area contributed by atoms with Gasteiger partial charge < -0.3 is 9.64 Å². The van der Waals surface area contributed by atoms with Crippen molar-refractivity contribution in [2.45, 2.75) is 45.7 Å². The Hall–Kier alpha value is -2.14. The van der Waals surface area contributed by atoms with E-state index in [1.165, 1.54) is 24.1 Å². The molecule has 5 heteroatoms. The fraction of sp³-hybridized carbons (Fsp3) is 0.500. The summed E-state index contributed by atoms with van der Waals surface area (Å²) in [5.41, 5.74) is 1.74. The van der Waals surface area contributed by atoms with Crippen molar-refractivity contribution in [3.8, 4) is 16.9 Å². The molecule has 1 fully saturated rings. The average Bonchev–Trinajstić information content (AvgIpc) is 3.04.